The van der Waals surface area contributed by atoms with Gasteiger partial charge < -0.3 is 15.2 Å². The standard InChI is InChI=1S/C20H18N2O6/c1-11(19(25)21-15-6-3-13(4-7-15)20(26)27)22-16-9-14(12(2)23)5-8-17(16)28-10-18(22)24/h3-9,11H,10H2,1-2H3,(H,21,25)(H,26,27). The molecule has 0 fully saturated rings. The van der Waals surface area contributed by atoms with Gasteiger partial charge in [-0.2, -0.15) is 0 Å². The second-order valence-electron chi connectivity index (χ2n) is 6.34. The van der Waals surface area contributed by atoms with Crippen LogP contribution >= 0.6 is 0 Å². The van der Waals surface area contributed by atoms with Crippen molar-refractivity contribution in [3.63, 3.8) is 0 Å². The number of amides is 2. The predicted octanol–water partition coefficient (Wildman–Crippen LogP) is 2.34. The van der Waals surface area contributed by atoms with E-state index in [2.05, 4.69) is 5.32 Å². The first kappa shape index (κ1) is 19.1. The minimum Gasteiger partial charge on any atom is -0.482 e. The van der Waals surface area contributed by atoms with E-state index >= 15 is 0 Å². The molecule has 2 amide bonds. The lowest BCUT2D eigenvalue weighted by atomic mass is 10.1. The third-order valence-corrected chi connectivity index (χ3v) is 4.41. The third-order valence-electron chi connectivity index (χ3n) is 4.41. The van der Waals surface area contributed by atoms with Gasteiger partial charge in [0.05, 0.1) is 11.3 Å². The zero-order chi connectivity index (χ0) is 20.4. The van der Waals surface area contributed by atoms with E-state index in [-0.39, 0.29) is 18.0 Å². The number of rotatable bonds is 5. The Kier molecular flexibility index (Phi) is 5.12. The number of ether oxygens (including phenoxy) is 1. The van der Waals surface area contributed by atoms with Crippen LogP contribution in [0.25, 0.3) is 0 Å². The van der Waals surface area contributed by atoms with Gasteiger partial charge >= 0.3 is 5.97 Å². The molecule has 2 N–H and O–H groups in total. The quantitative estimate of drug-likeness (QED) is 0.768. The summed E-state index contributed by atoms with van der Waals surface area (Å²) in [7, 11) is 0. The number of carbonyl (C=O) groups excluding carboxylic acids is 3. The van der Waals surface area contributed by atoms with Crippen molar-refractivity contribution in [2.75, 3.05) is 16.8 Å². The molecule has 0 aliphatic carbocycles. The van der Waals surface area contributed by atoms with Gasteiger partial charge in [-0.15, -0.1) is 0 Å². The number of nitrogens with one attached hydrogen (secondary N) is 1. The Labute approximate surface area is 160 Å². The molecule has 1 aliphatic heterocycles. The second-order valence-corrected chi connectivity index (χ2v) is 6.34. The van der Waals surface area contributed by atoms with Gasteiger partial charge in [0.2, 0.25) is 5.91 Å². The van der Waals surface area contributed by atoms with Gasteiger partial charge in [-0.1, -0.05) is 0 Å². The van der Waals surface area contributed by atoms with Crippen LogP contribution in [0, 0.1) is 0 Å². The molecule has 144 valence electrons. The number of nitrogens with zero attached hydrogens (tertiary/aromatic N) is 1. The molecule has 2 aromatic carbocycles. The molecule has 8 heteroatoms. The van der Waals surface area contributed by atoms with Crippen molar-refractivity contribution in [2.24, 2.45) is 0 Å². The monoisotopic (exact) mass is 382 g/mol. The van der Waals surface area contributed by atoms with Crippen LogP contribution in [0.1, 0.15) is 34.6 Å². The molecular formula is C20H18N2O6. The lowest BCUT2D eigenvalue weighted by molar-refractivity contribution is -0.125. The van der Waals surface area contributed by atoms with Gasteiger partial charge in [-0.25, -0.2) is 4.79 Å². The van der Waals surface area contributed by atoms with Crippen molar-refractivity contribution in [3.8, 4) is 5.75 Å². The summed E-state index contributed by atoms with van der Waals surface area (Å²) in [5, 5.41) is 11.6. The van der Waals surface area contributed by atoms with Crippen LogP contribution in [0.4, 0.5) is 11.4 Å². The number of benzene rings is 2. The molecule has 28 heavy (non-hydrogen) atoms. The number of carboxylic acids is 1. The maximum absolute atomic E-state index is 12.7. The summed E-state index contributed by atoms with van der Waals surface area (Å²) in [6.07, 6.45) is 0. The Hall–Kier alpha value is -3.68. The minimum atomic E-state index is -1.07. The average Bonchev–Trinajstić information content (AvgIpc) is 2.67. The molecule has 1 atom stereocenters. The number of carbonyl (C=O) groups is 4. The van der Waals surface area contributed by atoms with Crippen LogP contribution in [-0.4, -0.2) is 41.3 Å². The molecule has 0 aromatic heterocycles. The number of aromatic carboxylic acids is 1. The summed E-state index contributed by atoms with van der Waals surface area (Å²) in [5.41, 5.74) is 1.26. The number of hydrogen-bond donors (Lipinski definition) is 2. The first-order chi connectivity index (χ1) is 13.3. The van der Waals surface area contributed by atoms with E-state index in [0.717, 1.165) is 0 Å². The van der Waals surface area contributed by atoms with Crippen LogP contribution in [0.5, 0.6) is 5.75 Å². The summed E-state index contributed by atoms with van der Waals surface area (Å²) < 4.78 is 5.39. The van der Waals surface area contributed by atoms with E-state index in [1.165, 1.54) is 42.2 Å². The number of Topliss-reactive ketones (excluding diaryl/α,β-unsaturated/α-hetero) is 1. The number of anilines is 2. The summed E-state index contributed by atoms with van der Waals surface area (Å²) >= 11 is 0. The van der Waals surface area contributed by atoms with Crippen LogP contribution in [0.15, 0.2) is 42.5 Å². The van der Waals surface area contributed by atoms with Crippen molar-refractivity contribution in [1.29, 1.82) is 0 Å². The molecule has 0 saturated heterocycles. The van der Waals surface area contributed by atoms with Gasteiger partial charge in [-0.3, -0.25) is 19.3 Å². The fraction of sp³-hybridized carbons (Fsp3) is 0.200. The van der Waals surface area contributed by atoms with Crippen molar-refractivity contribution >= 4 is 34.9 Å². The minimum absolute atomic E-state index is 0.0973. The molecule has 8 nitrogen and oxygen atoms in total. The van der Waals surface area contributed by atoms with Crippen LogP contribution in [-0.2, 0) is 9.59 Å². The normalized spacial score (nSPS) is 13.9. The molecule has 2 aromatic rings. The highest BCUT2D eigenvalue weighted by Gasteiger charge is 2.33. The molecule has 1 unspecified atom stereocenters. The van der Waals surface area contributed by atoms with E-state index in [1.807, 2.05) is 0 Å². The Morgan fingerprint density at radius 2 is 1.75 bits per heavy atom. The molecule has 0 saturated carbocycles. The summed E-state index contributed by atoms with van der Waals surface area (Å²) in [6, 6.07) is 9.53. The first-order valence-corrected chi connectivity index (χ1v) is 8.52. The van der Waals surface area contributed by atoms with Crippen LogP contribution in [0.3, 0.4) is 0 Å². The van der Waals surface area contributed by atoms with Crippen LogP contribution < -0.4 is 15.0 Å². The number of fused-ring (bicyclic) bond motifs is 1. The Bertz CT molecular complexity index is 967. The van der Waals surface area contributed by atoms with Gasteiger partial charge in [0.25, 0.3) is 5.91 Å². The van der Waals surface area contributed by atoms with Gasteiger partial charge in [0, 0.05) is 11.3 Å². The van der Waals surface area contributed by atoms with E-state index < -0.39 is 23.8 Å². The van der Waals surface area contributed by atoms with Crippen LogP contribution in [0.2, 0.25) is 0 Å². The smallest absolute Gasteiger partial charge is 0.335 e. The summed E-state index contributed by atoms with van der Waals surface area (Å²) in [4.78, 5) is 49.0. The highest BCUT2D eigenvalue weighted by molar-refractivity contribution is 6.08. The lowest BCUT2D eigenvalue weighted by Crippen LogP contribution is -2.49. The van der Waals surface area contributed by atoms with Gasteiger partial charge in [0.15, 0.2) is 12.4 Å². The molecule has 1 aliphatic rings. The molecule has 0 radical (unpaired) electrons. The third kappa shape index (κ3) is 3.71. The van der Waals surface area contributed by atoms with Gasteiger partial charge in [0.1, 0.15) is 11.8 Å². The number of hydrogen-bond acceptors (Lipinski definition) is 5. The molecule has 0 bridgehead atoms. The highest BCUT2D eigenvalue weighted by Crippen LogP contribution is 2.34. The van der Waals surface area contributed by atoms with E-state index in [9.17, 15) is 19.2 Å². The summed E-state index contributed by atoms with van der Waals surface area (Å²) in [6.45, 7) is 2.76. The topological polar surface area (TPSA) is 113 Å². The molecule has 3 rings (SSSR count). The Morgan fingerprint density at radius 1 is 1.11 bits per heavy atom. The predicted molar refractivity (Wildman–Crippen MR) is 101 cm³/mol. The second kappa shape index (κ2) is 7.51. The number of carboxylic acid groups (broad SMARTS) is 1. The van der Waals surface area contributed by atoms with Crippen molar-refractivity contribution in [1.82, 2.24) is 0 Å². The lowest BCUT2D eigenvalue weighted by Gasteiger charge is -2.33. The Morgan fingerprint density at radius 3 is 2.36 bits per heavy atom. The van der Waals surface area contributed by atoms with E-state index in [1.54, 1.807) is 19.1 Å². The fourth-order valence-electron chi connectivity index (χ4n) is 2.87. The van der Waals surface area contributed by atoms with E-state index in [4.69, 9.17) is 9.84 Å². The zero-order valence-corrected chi connectivity index (χ0v) is 15.3. The maximum atomic E-state index is 12.7. The fourth-order valence-corrected chi connectivity index (χ4v) is 2.87. The molecule has 0 spiro atoms. The largest absolute Gasteiger partial charge is 0.482 e. The van der Waals surface area contributed by atoms with Crippen molar-refractivity contribution in [3.05, 3.63) is 53.6 Å². The maximum Gasteiger partial charge on any atom is 0.335 e. The molecule has 1 heterocycles. The highest BCUT2D eigenvalue weighted by atomic mass is 16.5. The zero-order valence-electron chi connectivity index (χ0n) is 15.3. The van der Waals surface area contributed by atoms with Crippen molar-refractivity contribution < 1.29 is 29.0 Å². The average molecular weight is 382 g/mol. The first-order valence-electron chi connectivity index (χ1n) is 8.52. The van der Waals surface area contributed by atoms with Crippen molar-refractivity contribution in [2.45, 2.75) is 19.9 Å². The summed E-state index contributed by atoms with van der Waals surface area (Å²) in [5.74, 6) is -1.69. The van der Waals surface area contributed by atoms with E-state index in [0.29, 0.717) is 22.7 Å². The Balaban J connectivity index is 1.85. The SMILES string of the molecule is CC(=O)c1ccc2c(c1)N(C(C)C(=O)Nc1ccc(C(=O)O)cc1)C(=O)CO2. The number of ketones is 1. The van der Waals surface area contributed by atoms with Gasteiger partial charge in [-0.05, 0) is 56.3 Å². The molecular weight excluding hydrogens is 364 g/mol.